The second kappa shape index (κ2) is 7.53. The van der Waals surface area contributed by atoms with Crippen molar-refractivity contribution in [3.63, 3.8) is 0 Å². The molecule has 7 heteroatoms. The summed E-state index contributed by atoms with van der Waals surface area (Å²) in [6, 6.07) is 15.2. The average Bonchev–Trinajstić information content (AvgIpc) is 3.04. The summed E-state index contributed by atoms with van der Waals surface area (Å²) in [5.41, 5.74) is 0.522. The van der Waals surface area contributed by atoms with Crippen LogP contribution in [0.3, 0.4) is 0 Å². The molecular weight excluding hydrogens is 359 g/mol. The number of rotatable bonds is 5. The van der Waals surface area contributed by atoms with E-state index < -0.39 is 11.7 Å². The highest BCUT2D eigenvalue weighted by Crippen LogP contribution is 2.35. The zero-order chi connectivity index (χ0) is 18.7. The molecule has 0 aliphatic carbocycles. The number of hydrogen-bond acceptors (Lipinski definition) is 3. The van der Waals surface area contributed by atoms with Crippen molar-refractivity contribution in [1.82, 2.24) is 14.8 Å². The van der Waals surface area contributed by atoms with E-state index in [-0.39, 0.29) is 17.2 Å². The monoisotopic (exact) mass is 377 g/mol. The molecule has 0 aliphatic heterocycles. The summed E-state index contributed by atoms with van der Waals surface area (Å²) < 4.78 is 41.5. The Morgan fingerprint density at radius 2 is 1.62 bits per heavy atom. The molecule has 136 valence electrons. The smallest absolute Gasteiger partial charge is 0.274 e. The van der Waals surface area contributed by atoms with Crippen molar-refractivity contribution in [3.8, 4) is 5.69 Å². The molecule has 0 aliphatic rings. The molecule has 0 bridgehead atoms. The Balaban J connectivity index is 1.93. The number of hydrogen-bond donors (Lipinski definition) is 0. The highest BCUT2D eigenvalue weighted by molar-refractivity contribution is 7.98. The lowest BCUT2D eigenvalue weighted by molar-refractivity contribution is -0.138. The highest BCUT2D eigenvalue weighted by Gasteiger charge is 2.33. The summed E-state index contributed by atoms with van der Waals surface area (Å²) in [4.78, 5) is 0. The van der Waals surface area contributed by atoms with Crippen LogP contribution in [0.5, 0.6) is 0 Å². The lowest BCUT2D eigenvalue weighted by Crippen LogP contribution is -2.08. The predicted octanol–water partition coefficient (Wildman–Crippen LogP) is 5.70. The summed E-state index contributed by atoms with van der Waals surface area (Å²) in [6.07, 6.45) is -4.37. The van der Waals surface area contributed by atoms with Gasteiger partial charge in [0.15, 0.2) is 5.16 Å². The topological polar surface area (TPSA) is 30.7 Å². The van der Waals surface area contributed by atoms with E-state index in [9.17, 15) is 13.2 Å². The Morgan fingerprint density at radius 3 is 2.27 bits per heavy atom. The lowest BCUT2D eigenvalue weighted by atomic mass is 10.1. The fourth-order valence-electron chi connectivity index (χ4n) is 2.63. The van der Waals surface area contributed by atoms with Gasteiger partial charge in [0.1, 0.15) is 5.82 Å². The van der Waals surface area contributed by atoms with Gasteiger partial charge in [0, 0.05) is 17.4 Å². The molecule has 0 fully saturated rings. The number of para-hydroxylation sites is 1. The maximum Gasteiger partial charge on any atom is 0.416 e. The van der Waals surface area contributed by atoms with Gasteiger partial charge in [-0.05, 0) is 23.8 Å². The standard InChI is InChI=1S/C19H18F3N3S/c1-13(2)17-23-24-18(25(17)15-9-4-3-5-10-15)26-12-14-8-6-7-11-16(14)19(20,21)22/h3-11,13H,12H2,1-2H3. The van der Waals surface area contributed by atoms with Gasteiger partial charge in [0.2, 0.25) is 0 Å². The molecule has 0 amide bonds. The van der Waals surface area contributed by atoms with E-state index in [2.05, 4.69) is 10.2 Å². The molecule has 0 saturated heterocycles. The van der Waals surface area contributed by atoms with Crippen LogP contribution in [0.15, 0.2) is 59.8 Å². The van der Waals surface area contributed by atoms with Gasteiger partial charge in [-0.25, -0.2) is 0 Å². The summed E-state index contributed by atoms with van der Waals surface area (Å²) in [6.45, 7) is 4.02. The predicted molar refractivity (Wildman–Crippen MR) is 96.5 cm³/mol. The van der Waals surface area contributed by atoms with Crippen LogP contribution in [0.4, 0.5) is 13.2 Å². The molecule has 26 heavy (non-hydrogen) atoms. The van der Waals surface area contributed by atoms with Crippen molar-refractivity contribution in [3.05, 3.63) is 71.5 Å². The van der Waals surface area contributed by atoms with Gasteiger partial charge >= 0.3 is 6.18 Å². The van der Waals surface area contributed by atoms with Crippen molar-refractivity contribution in [2.24, 2.45) is 0 Å². The first-order chi connectivity index (χ1) is 12.4. The first-order valence-corrected chi connectivity index (χ1v) is 9.15. The summed E-state index contributed by atoms with van der Waals surface area (Å²) >= 11 is 1.25. The van der Waals surface area contributed by atoms with Crippen molar-refractivity contribution < 1.29 is 13.2 Å². The molecular formula is C19H18F3N3S. The van der Waals surface area contributed by atoms with Gasteiger partial charge in [-0.3, -0.25) is 4.57 Å². The first kappa shape index (κ1) is 18.5. The number of halogens is 3. The average molecular weight is 377 g/mol. The van der Waals surface area contributed by atoms with E-state index in [0.717, 1.165) is 17.6 Å². The molecule has 1 heterocycles. The van der Waals surface area contributed by atoms with E-state index in [4.69, 9.17) is 0 Å². The summed E-state index contributed by atoms with van der Waals surface area (Å²) in [5, 5.41) is 9.04. The first-order valence-electron chi connectivity index (χ1n) is 8.16. The number of nitrogens with zero attached hydrogens (tertiary/aromatic N) is 3. The van der Waals surface area contributed by atoms with Gasteiger partial charge in [-0.15, -0.1) is 10.2 Å². The maximum atomic E-state index is 13.2. The van der Waals surface area contributed by atoms with Crippen LogP contribution in [-0.2, 0) is 11.9 Å². The molecule has 1 aromatic heterocycles. The normalized spacial score (nSPS) is 11.9. The van der Waals surface area contributed by atoms with E-state index in [1.165, 1.54) is 23.9 Å². The molecule has 0 atom stereocenters. The minimum Gasteiger partial charge on any atom is -0.274 e. The van der Waals surface area contributed by atoms with Crippen LogP contribution in [0.2, 0.25) is 0 Å². The Hall–Kier alpha value is -2.28. The molecule has 3 aromatic rings. The van der Waals surface area contributed by atoms with Crippen molar-refractivity contribution in [2.75, 3.05) is 0 Å². The number of alkyl halides is 3. The summed E-state index contributed by atoms with van der Waals surface area (Å²) in [5.74, 6) is 1.08. The summed E-state index contributed by atoms with van der Waals surface area (Å²) in [7, 11) is 0. The molecule has 0 unspecified atom stereocenters. The van der Waals surface area contributed by atoms with Crippen LogP contribution < -0.4 is 0 Å². The van der Waals surface area contributed by atoms with Crippen LogP contribution in [0.25, 0.3) is 5.69 Å². The third-order valence-electron chi connectivity index (χ3n) is 3.87. The lowest BCUT2D eigenvalue weighted by Gasteiger charge is -2.14. The van der Waals surface area contributed by atoms with Gasteiger partial charge in [0.25, 0.3) is 0 Å². The molecule has 0 spiro atoms. The van der Waals surface area contributed by atoms with Crippen molar-refractivity contribution in [2.45, 2.75) is 36.9 Å². The Morgan fingerprint density at radius 1 is 0.962 bits per heavy atom. The minimum absolute atomic E-state index is 0.138. The Bertz CT molecular complexity index is 873. The molecule has 3 rings (SSSR count). The van der Waals surface area contributed by atoms with E-state index in [1.54, 1.807) is 6.07 Å². The maximum absolute atomic E-state index is 13.2. The van der Waals surface area contributed by atoms with Crippen molar-refractivity contribution in [1.29, 1.82) is 0 Å². The van der Waals surface area contributed by atoms with Gasteiger partial charge in [-0.1, -0.05) is 62.0 Å². The van der Waals surface area contributed by atoms with E-state index in [0.29, 0.717) is 5.16 Å². The van der Waals surface area contributed by atoms with Gasteiger partial charge < -0.3 is 0 Å². The van der Waals surface area contributed by atoms with Crippen LogP contribution in [0, 0.1) is 0 Å². The Kier molecular flexibility index (Phi) is 5.36. The second-order valence-electron chi connectivity index (χ2n) is 6.11. The molecule has 2 aromatic carbocycles. The fraction of sp³-hybridized carbons (Fsp3) is 0.263. The molecule has 0 N–H and O–H groups in total. The molecule has 3 nitrogen and oxygen atoms in total. The van der Waals surface area contributed by atoms with E-state index in [1.807, 2.05) is 48.7 Å². The fourth-order valence-corrected chi connectivity index (χ4v) is 3.60. The number of aromatic nitrogens is 3. The molecule has 0 saturated carbocycles. The largest absolute Gasteiger partial charge is 0.416 e. The zero-order valence-corrected chi connectivity index (χ0v) is 15.2. The Labute approximate surface area is 154 Å². The van der Waals surface area contributed by atoms with Crippen LogP contribution in [0.1, 0.15) is 36.7 Å². The molecule has 0 radical (unpaired) electrons. The van der Waals surface area contributed by atoms with Crippen LogP contribution >= 0.6 is 11.8 Å². The van der Waals surface area contributed by atoms with Crippen LogP contribution in [-0.4, -0.2) is 14.8 Å². The quantitative estimate of drug-likeness (QED) is 0.534. The third-order valence-corrected chi connectivity index (χ3v) is 4.85. The number of thioether (sulfide) groups is 1. The van der Waals surface area contributed by atoms with Gasteiger partial charge in [-0.2, -0.15) is 13.2 Å². The minimum atomic E-state index is -4.37. The SMILES string of the molecule is CC(C)c1nnc(SCc2ccccc2C(F)(F)F)n1-c1ccccc1. The second-order valence-corrected chi connectivity index (χ2v) is 7.05. The highest BCUT2D eigenvalue weighted by atomic mass is 32.2. The van der Waals surface area contributed by atoms with Crippen molar-refractivity contribution >= 4 is 11.8 Å². The van der Waals surface area contributed by atoms with Gasteiger partial charge in [0.05, 0.1) is 5.56 Å². The third kappa shape index (κ3) is 3.93. The number of benzene rings is 2. The zero-order valence-electron chi connectivity index (χ0n) is 14.4. The van der Waals surface area contributed by atoms with E-state index >= 15 is 0 Å².